The van der Waals surface area contributed by atoms with Gasteiger partial charge >= 0.3 is 0 Å². The maximum atomic E-state index is 12.1. The van der Waals surface area contributed by atoms with E-state index in [4.69, 9.17) is 11.6 Å². The largest absolute Gasteiger partial charge is 0.349 e. The van der Waals surface area contributed by atoms with Crippen LogP contribution in [0, 0.1) is 0 Å². The van der Waals surface area contributed by atoms with Gasteiger partial charge in [0.1, 0.15) is 23.7 Å². The fourth-order valence-electron chi connectivity index (χ4n) is 1.97. The number of benzene rings is 1. The van der Waals surface area contributed by atoms with E-state index in [1.165, 1.54) is 28.7 Å². The smallest absolute Gasteiger partial charge is 0.244 e. The first-order valence-corrected chi connectivity index (χ1v) is 8.15. The van der Waals surface area contributed by atoms with E-state index < -0.39 is 6.04 Å². The highest BCUT2D eigenvalue weighted by Gasteiger charge is 2.15. The van der Waals surface area contributed by atoms with Gasteiger partial charge in [0.25, 0.3) is 0 Å². The first-order chi connectivity index (χ1) is 11.1. The van der Waals surface area contributed by atoms with Crippen LogP contribution in [0.5, 0.6) is 0 Å². The molecule has 6 nitrogen and oxygen atoms in total. The summed E-state index contributed by atoms with van der Waals surface area (Å²) < 4.78 is 1.52. The second kappa shape index (κ2) is 6.89. The second-order valence-electron chi connectivity index (χ2n) is 4.91. The number of carbonyl (C=O) groups is 1. The summed E-state index contributed by atoms with van der Waals surface area (Å²) in [4.78, 5) is 21.3. The van der Waals surface area contributed by atoms with Gasteiger partial charge in [-0.2, -0.15) is 5.10 Å². The summed E-state index contributed by atoms with van der Waals surface area (Å²) in [5.74, 6) is -0.114. The number of nitrogens with zero attached hydrogens (tertiary/aromatic N) is 4. The lowest BCUT2D eigenvalue weighted by molar-refractivity contribution is -0.124. The van der Waals surface area contributed by atoms with Crippen molar-refractivity contribution in [1.82, 2.24) is 25.1 Å². The van der Waals surface area contributed by atoms with Gasteiger partial charge in [-0.25, -0.2) is 14.6 Å². The summed E-state index contributed by atoms with van der Waals surface area (Å²) in [6.45, 7) is 2.21. The zero-order chi connectivity index (χ0) is 16.2. The summed E-state index contributed by atoms with van der Waals surface area (Å²) in [5, 5.41) is 8.44. The van der Waals surface area contributed by atoms with Crippen molar-refractivity contribution in [2.45, 2.75) is 19.5 Å². The molecule has 0 bridgehead atoms. The fourth-order valence-corrected chi connectivity index (χ4v) is 2.96. The van der Waals surface area contributed by atoms with Crippen LogP contribution < -0.4 is 5.32 Å². The van der Waals surface area contributed by atoms with Gasteiger partial charge in [0, 0.05) is 21.7 Å². The summed E-state index contributed by atoms with van der Waals surface area (Å²) in [6, 6.07) is 7.12. The molecular weight excluding hydrogens is 334 g/mol. The summed E-state index contributed by atoms with van der Waals surface area (Å²) >= 11 is 7.42. The quantitative estimate of drug-likeness (QED) is 0.770. The molecule has 2 aromatic heterocycles. The molecule has 0 saturated heterocycles. The summed E-state index contributed by atoms with van der Waals surface area (Å²) in [7, 11) is 0. The average molecular weight is 348 g/mol. The van der Waals surface area contributed by atoms with E-state index >= 15 is 0 Å². The van der Waals surface area contributed by atoms with Gasteiger partial charge in [-0.15, -0.1) is 11.3 Å². The summed E-state index contributed by atoms with van der Waals surface area (Å²) in [5.41, 5.74) is 1.01. The van der Waals surface area contributed by atoms with Gasteiger partial charge < -0.3 is 5.32 Å². The number of hydrogen-bond acceptors (Lipinski definition) is 5. The molecule has 1 N–H and O–H groups in total. The lowest BCUT2D eigenvalue weighted by Gasteiger charge is -2.11. The van der Waals surface area contributed by atoms with Gasteiger partial charge in [0.05, 0.1) is 6.54 Å². The molecule has 0 saturated carbocycles. The number of nitrogens with one attached hydrogen (secondary N) is 1. The Labute approximate surface area is 142 Å². The second-order valence-corrected chi connectivity index (χ2v) is 6.46. The molecular formula is C15H14ClN5OS. The minimum atomic E-state index is -0.402. The predicted octanol–water partition coefficient (Wildman–Crippen LogP) is 2.93. The van der Waals surface area contributed by atoms with Gasteiger partial charge in [-0.1, -0.05) is 23.7 Å². The molecule has 118 valence electrons. The maximum Gasteiger partial charge on any atom is 0.244 e. The minimum Gasteiger partial charge on any atom is -0.349 e. The standard InChI is InChI=1S/C15H14ClN5OS/c1-10(21-9-17-8-20-21)14(22)18-6-13-7-19-15(23-13)11-2-4-12(16)5-3-11/h2-5,7-10H,6H2,1H3,(H,18,22)/t10-/m0/s1. The van der Waals surface area contributed by atoms with Gasteiger partial charge in [0.15, 0.2) is 0 Å². The zero-order valence-electron chi connectivity index (χ0n) is 12.3. The molecule has 0 unspecified atom stereocenters. The molecule has 2 heterocycles. The number of amides is 1. The molecule has 0 spiro atoms. The van der Waals surface area contributed by atoms with Crippen LogP contribution in [0.2, 0.25) is 5.02 Å². The SMILES string of the molecule is C[C@@H](C(=O)NCc1cnc(-c2ccc(Cl)cc2)s1)n1cncn1. The number of carbonyl (C=O) groups excluding carboxylic acids is 1. The minimum absolute atomic E-state index is 0.114. The van der Waals surface area contributed by atoms with Gasteiger partial charge in [-0.05, 0) is 19.1 Å². The summed E-state index contributed by atoms with van der Waals surface area (Å²) in [6.07, 6.45) is 4.70. The average Bonchev–Trinajstić information content (AvgIpc) is 3.24. The van der Waals surface area contributed by atoms with Crippen molar-refractivity contribution in [1.29, 1.82) is 0 Å². The molecule has 0 aliphatic heterocycles. The first kappa shape index (κ1) is 15.6. The molecule has 1 amide bonds. The van der Waals surface area contributed by atoms with Crippen LogP contribution in [0.15, 0.2) is 43.1 Å². The molecule has 0 fully saturated rings. The topological polar surface area (TPSA) is 72.7 Å². The van der Waals surface area contributed by atoms with Crippen molar-refractivity contribution in [2.75, 3.05) is 0 Å². The van der Waals surface area contributed by atoms with Crippen molar-refractivity contribution in [3.05, 3.63) is 53.0 Å². The molecule has 1 atom stereocenters. The van der Waals surface area contributed by atoms with Crippen LogP contribution in [0.1, 0.15) is 17.8 Å². The Balaban J connectivity index is 1.61. The molecule has 0 aliphatic rings. The first-order valence-electron chi connectivity index (χ1n) is 6.96. The van der Waals surface area contributed by atoms with E-state index in [0.717, 1.165) is 15.4 Å². The lowest BCUT2D eigenvalue weighted by atomic mass is 10.2. The Morgan fingerprint density at radius 3 is 2.87 bits per heavy atom. The van der Waals surface area contributed by atoms with E-state index in [2.05, 4.69) is 20.4 Å². The Morgan fingerprint density at radius 1 is 1.39 bits per heavy atom. The number of halogens is 1. The van der Waals surface area contributed by atoms with Crippen molar-refractivity contribution in [2.24, 2.45) is 0 Å². The highest BCUT2D eigenvalue weighted by atomic mass is 35.5. The fraction of sp³-hybridized carbons (Fsp3) is 0.200. The van der Waals surface area contributed by atoms with Crippen molar-refractivity contribution in [3.8, 4) is 10.6 Å². The molecule has 0 aliphatic carbocycles. The number of thiazole rings is 1. The number of hydrogen-bond donors (Lipinski definition) is 1. The third-order valence-corrected chi connectivity index (χ3v) is 4.59. The monoisotopic (exact) mass is 347 g/mol. The number of aromatic nitrogens is 4. The Hall–Kier alpha value is -2.25. The van der Waals surface area contributed by atoms with Gasteiger partial charge in [-0.3, -0.25) is 4.79 Å². The van der Waals surface area contributed by atoms with E-state index in [0.29, 0.717) is 11.6 Å². The number of rotatable bonds is 5. The van der Waals surface area contributed by atoms with Crippen molar-refractivity contribution >= 4 is 28.8 Å². The van der Waals surface area contributed by atoms with E-state index in [-0.39, 0.29) is 5.91 Å². The van der Waals surface area contributed by atoms with Crippen LogP contribution in [0.3, 0.4) is 0 Å². The third kappa shape index (κ3) is 3.75. The van der Waals surface area contributed by atoms with E-state index in [1.807, 2.05) is 24.3 Å². The van der Waals surface area contributed by atoms with Crippen LogP contribution in [0.25, 0.3) is 10.6 Å². The van der Waals surface area contributed by atoms with Crippen LogP contribution >= 0.6 is 22.9 Å². The lowest BCUT2D eigenvalue weighted by Crippen LogP contribution is -2.30. The highest BCUT2D eigenvalue weighted by Crippen LogP contribution is 2.26. The normalized spacial score (nSPS) is 12.1. The molecule has 8 heteroatoms. The Morgan fingerprint density at radius 2 is 2.17 bits per heavy atom. The van der Waals surface area contributed by atoms with E-state index in [9.17, 15) is 4.79 Å². The molecule has 0 radical (unpaired) electrons. The van der Waals surface area contributed by atoms with Gasteiger partial charge in [0.2, 0.25) is 5.91 Å². The van der Waals surface area contributed by atoms with Crippen LogP contribution in [-0.2, 0) is 11.3 Å². The maximum absolute atomic E-state index is 12.1. The van der Waals surface area contributed by atoms with E-state index in [1.54, 1.807) is 13.1 Å². The molecule has 3 aromatic rings. The predicted molar refractivity (Wildman–Crippen MR) is 89.1 cm³/mol. The van der Waals surface area contributed by atoms with Crippen molar-refractivity contribution < 1.29 is 4.79 Å². The highest BCUT2D eigenvalue weighted by molar-refractivity contribution is 7.15. The Bertz CT molecular complexity index is 785. The molecule has 1 aromatic carbocycles. The van der Waals surface area contributed by atoms with Crippen LogP contribution in [-0.4, -0.2) is 25.7 Å². The Kier molecular flexibility index (Phi) is 4.68. The third-order valence-electron chi connectivity index (χ3n) is 3.29. The van der Waals surface area contributed by atoms with Crippen LogP contribution in [0.4, 0.5) is 0 Å². The zero-order valence-corrected chi connectivity index (χ0v) is 13.9. The molecule has 3 rings (SSSR count). The molecule has 23 heavy (non-hydrogen) atoms. The van der Waals surface area contributed by atoms with Crippen molar-refractivity contribution in [3.63, 3.8) is 0 Å².